The number of ether oxygens (including phenoxy) is 1. The SMILES string of the molecule is N#Cc1ccc(C(=O)Nc2ccc(CCN3CCOCC3)cc2C2=CCCCC2)o1.O=C(O)C(F)(F)F. The molecular formula is C26H28F3N3O5. The summed E-state index contributed by atoms with van der Waals surface area (Å²) in [6.07, 6.45) is 2.66. The van der Waals surface area contributed by atoms with Gasteiger partial charge in [-0.15, -0.1) is 0 Å². The number of carboxylic acid groups (broad SMARTS) is 1. The molecule has 0 atom stereocenters. The fourth-order valence-corrected chi connectivity index (χ4v) is 4.02. The first-order valence-corrected chi connectivity index (χ1v) is 11.9. The van der Waals surface area contributed by atoms with E-state index in [0.29, 0.717) is 0 Å². The minimum absolute atomic E-state index is 0.133. The molecule has 4 rings (SSSR count). The molecule has 8 nitrogen and oxygen atoms in total. The number of carbonyl (C=O) groups excluding carboxylic acids is 1. The molecular weight excluding hydrogens is 491 g/mol. The van der Waals surface area contributed by atoms with Crippen molar-refractivity contribution in [3.63, 3.8) is 0 Å². The van der Waals surface area contributed by atoms with Crippen LogP contribution in [-0.4, -0.2) is 60.9 Å². The van der Waals surface area contributed by atoms with Gasteiger partial charge in [0.05, 0.1) is 13.2 Å². The van der Waals surface area contributed by atoms with Gasteiger partial charge in [-0.1, -0.05) is 12.1 Å². The number of amides is 1. The number of halogens is 3. The fourth-order valence-electron chi connectivity index (χ4n) is 4.02. The second-order valence-corrected chi connectivity index (χ2v) is 8.59. The highest BCUT2D eigenvalue weighted by molar-refractivity contribution is 6.04. The average Bonchev–Trinajstić information content (AvgIpc) is 3.39. The summed E-state index contributed by atoms with van der Waals surface area (Å²) in [6, 6.07) is 11.2. The molecule has 2 aromatic rings. The molecule has 0 saturated carbocycles. The molecule has 1 saturated heterocycles. The summed E-state index contributed by atoms with van der Waals surface area (Å²) in [4.78, 5) is 24.0. The van der Waals surface area contributed by atoms with Gasteiger partial charge in [-0.25, -0.2) is 4.79 Å². The molecule has 0 bridgehead atoms. The topological polar surface area (TPSA) is 116 Å². The summed E-state index contributed by atoms with van der Waals surface area (Å²) in [7, 11) is 0. The van der Waals surface area contributed by atoms with Gasteiger partial charge in [0.25, 0.3) is 5.91 Å². The van der Waals surface area contributed by atoms with E-state index in [2.05, 4.69) is 28.4 Å². The summed E-state index contributed by atoms with van der Waals surface area (Å²) in [6.45, 7) is 4.60. The Bertz CT molecular complexity index is 1160. The van der Waals surface area contributed by atoms with E-state index in [1.807, 2.05) is 12.1 Å². The zero-order valence-corrected chi connectivity index (χ0v) is 20.1. The number of nitrogens with one attached hydrogen (secondary N) is 1. The van der Waals surface area contributed by atoms with Crippen LogP contribution < -0.4 is 5.32 Å². The first-order chi connectivity index (χ1) is 17.7. The Hall–Kier alpha value is -3.62. The van der Waals surface area contributed by atoms with Crippen molar-refractivity contribution in [1.82, 2.24) is 4.90 Å². The number of furan rings is 1. The van der Waals surface area contributed by atoms with Crippen molar-refractivity contribution >= 4 is 23.1 Å². The zero-order chi connectivity index (χ0) is 26.8. The molecule has 2 aliphatic rings. The first-order valence-electron chi connectivity index (χ1n) is 11.9. The Kier molecular flexibility index (Phi) is 9.88. The fraction of sp³-hybridized carbons (Fsp3) is 0.423. The molecule has 1 aromatic carbocycles. The number of carbonyl (C=O) groups is 2. The van der Waals surface area contributed by atoms with Crippen LogP contribution in [-0.2, 0) is 16.0 Å². The lowest BCUT2D eigenvalue weighted by atomic mass is 9.91. The van der Waals surface area contributed by atoms with E-state index in [-0.39, 0.29) is 17.4 Å². The number of benzene rings is 1. The summed E-state index contributed by atoms with van der Waals surface area (Å²) in [5.41, 5.74) is 4.44. The summed E-state index contributed by atoms with van der Waals surface area (Å²) >= 11 is 0. The van der Waals surface area contributed by atoms with E-state index in [4.69, 9.17) is 24.3 Å². The third-order valence-electron chi connectivity index (χ3n) is 5.97. The van der Waals surface area contributed by atoms with Crippen LogP contribution in [0.1, 0.15) is 53.1 Å². The van der Waals surface area contributed by atoms with E-state index < -0.39 is 12.1 Å². The molecule has 37 heavy (non-hydrogen) atoms. The van der Waals surface area contributed by atoms with Crippen molar-refractivity contribution in [3.05, 3.63) is 59.1 Å². The number of anilines is 1. The maximum absolute atomic E-state index is 12.6. The Morgan fingerprint density at radius 1 is 1.14 bits per heavy atom. The van der Waals surface area contributed by atoms with Crippen LogP contribution in [0.25, 0.3) is 5.57 Å². The number of rotatable bonds is 6. The van der Waals surface area contributed by atoms with Gasteiger partial charge in [0.15, 0.2) is 5.76 Å². The van der Waals surface area contributed by atoms with Crippen LogP contribution >= 0.6 is 0 Å². The number of hydrogen-bond donors (Lipinski definition) is 2. The van der Waals surface area contributed by atoms with Crippen LogP contribution in [0.3, 0.4) is 0 Å². The largest absolute Gasteiger partial charge is 0.490 e. The number of alkyl halides is 3. The van der Waals surface area contributed by atoms with Gasteiger partial charge < -0.3 is 19.6 Å². The number of allylic oxidation sites excluding steroid dienone is 2. The van der Waals surface area contributed by atoms with Crippen LogP contribution in [0.2, 0.25) is 0 Å². The van der Waals surface area contributed by atoms with E-state index in [0.717, 1.165) is 63.4 Å². The Labute approximate surface area is 212 Å². The summed E-state index contributed by atoms with van der Waals surface area (Å²) in [5, 5.41) is 19.0. The zero-order valence-electron chi connectivity index (χ0n) is 20.1. The molecule has 198 valence electrons. The predicted molar refractivity (Wildman–Crippen MR) is 129 cm³/mol. The van der Waals surface area contributed by atoms with E-state index in [1.165, 1.54) is 36.1 Å². The lowest BCUT2D eigenvalue weighted by Crippen LogP contribution is -2.37. The van der Waals surface area contributed by atoms with E-state index >= 15 is 0 Å². The lowest BCUT2D eigenvalue weighted by molar-refractivity contribution is -0.192. The number of morpholine rings is 1. The number of nitriles is 1. The molecule has 2 N–H and O–H groups in total. The molecule has 1 fully saturated rings. The third kappa shape index (κ3) is 8.48. The van der Waals surface area contributed by atoms with E-state index in [1.54, 1.807) is 0 Å². The molecule has 1 aliphatic heterocycles. The van der Waals surface area contributed by atoms with Crippen molar-refractivity contribution in [2.45, 2.75) is 38.3 Å². The third-order valence-corrected chi connectivity index (χ3v) is 5.97. The molecule has 11 heteroatoms. The smallest absolute Gasteiger partial charge is 0.475 e. The van der Waals surface area contributed by atoms with Gasteiger partial charge in [-0.2, -0.15) is 18.4 Å². The maximum Gasteiger partial charge on any atom is 0.490 e. The number of aliphatic carboxylic acids is 1. The molecule has 1 amide bonds. The van der Waals surface area contributed by atoms with Gasteiger partial charge in [-0.3, -0.25) is 9.69 Å². The van der Waals surface area contributed by atoms with Gasteiger partial charge in [-0.05, 0) is 67.5 Å². The molecule has 1 aliphatic carbocycles. The van der Waals surface area contributed by atoms with Crippen molar-refractivity contribution in [3.8, 4) is 6.07 Å². The Morgan fingerprint density at radius 2 is 1.86 bits per heavy atom. The average molecular weight is 520 g/mol. The van der Waals surface area contributed by atoms with Gasteiger partial charge >= 0.3 is 12.1 Å². The van der Waals surface area contributed by atoms with Crippen molar-refractivity contribution in [2.24, 2.45) is 0 Å². The van der Waals surface area contributed by atoms with Crippen LogP contribution in [0, 0.1) is 11.3 Å². The Morgan fingerprint density at radius 3 is 2.46 bits per heavy atom. The number of carboxylic acids is 1. The Balaban J connectivity index is 0.000000479. The standard InChI is InChI=1S/C24H27N3O3.C2HF3O2/c25-17-20-7-9-23(30-20)24(28)26-22-8-6-18(10-11-27-12-14-29-15-13-27)16-21(22)19-4-2-1-3-5-19;3-2(4,5)1(6)7/h4,6-9,16H,1-3,5,10-15H2,(H,26,28);(H,6,7). The molecule has 0 unspecified atom stereocenters. The lowest BCUT2D eigenvalue weighted by Gasteiger charge is -2.26. The van der Waals surface area contributed by atoms with Gasteiger partial charge in [0.2, 0.25) is 5.76 Å². The monoisotopic (exact) mass is 519 g/mol. The quantitative estimate of drug-likeness (QED) is 0.560. The minimum Gasteiger partial charge on any atom is -0.475 e. The summed E-state index contributed by atoms with van der Waals surface area (Å²) in [5.74, 6) is -2.82. The predicted octanol–water partition coefficient (Wildman–Crippen LogP) is 4.87. The summed E-state index contributed by atoms with van der Waals surface area (Å²) < 4.78 is 42.4. The van der Waals surface area contributed by atoms with Crippen LogP contribution in [0.5, 0.6) is 0 Å². The van der Waals surface area contributed by atoms with Crippen molar-refractivity contribution < 1.29 is 37.0 Å². The van der Waals surface area contributed by atoms with Gasteiger partial charge in [0, 0.05) is 30.9 Å². The maximum atomic E-state index is 12.6. The van der Waals surface area contributed by atoms with Gasteiger partial charge in [0.1, 0.15) is 6.07 Å². The highest BCUT2D eigenvalue weighted by Crippen LogP contribution is 2.33. The molecule has 2 heterocycles. The minimum atomic E-state index is -5.08. The second kappa shape index (κ2) is 13.1. The number of hydrogen-bond acceptors (Lipinski definition) is 6. The normalized spacial score (nSPS) is 16.1. The van der Waals surface area contributed by atoms with Crippen LogP contribution in [0.4, 0.5) is 18.9 Å². The highest BCUT2D eigenvalue weighted by Gasteiger charge is 2.38. The highest BCUT2D eigenvalue weighted by atomic mass is 19.4. The van der Waals surface area contributed by atoms with E-state index in [9.17, 15) is 18.0 Å². The van der Waals surface area contributed by atoms with Crippen LogP contribution in [0.15, 0.2) is 40.8 Å². The van der Waals surface area contributed by atoms with Crippen molar-refractivity contribution in [1.29, 1.82) is 5.26 Å². The first kappa shape index (κ1) is 28.0. The van der Waals surface area contributed by atoms with Crippen molar-refractivity contribution in [2.75, 3.05) is 38.2 Å². The molecule has 0 radical (unpaired) electrons. The second-order valence-electron chi connectivity index (χ2n) is 8.59. The molecule has 0 spiro atoms. The number of nitrogens with zero attached hydrogens (tertiary/aromatic N) is 2. The molecule has 1 aromatic heterocycles.